The van der Waals surface area contributed by atoms with Crippen LogP contribution in [0.15, 0.2) is 24.3 Å². The quantitative estimate of drug-likeness (QED) is 0.772. The summed E-state index contributed by atoms with van der Waals surface area (Å²) in [5.41, 5.74) is 1.01. The van der Waals surface area contributed by atoms with Gasteiger partial charge in [-0.2, -0.15) is 0 Å². The molecule has 1 rings (SSSR count). The Bertz CT molecular complexity index is 306. The first-order valence-electron chi connectivity index (χ1n) is 4.62. The maximum absolute atomic E-state index is 5.52. The molecule has 0 aliphatic heterocycles. The van der Waals surface area contributed by atoms with E-state index in [1.54, 1.807) is 0 Å². The molecule has 0 saturated carbocycles. The van der Waals surface area contributed by atoms with Gasteiger partial charge >= 0.3 is 0 Å². The number of hydrogen-bond donors (Lipinski definition) is 1. The Hall–Kier alpha value is -1.09. The van der Waals surface area contributed by atoms with Gasteiger partial charge in [-0.25, -0.2) is 0 Å². The zero-order valence-corrected chi connectivity index (χ0v) is 9.52. The molecular formula is C11H15NOS. The first kappa shape index (κ1) is 11.0. The predicted octanol–water partition coefficient (Wildman–Crippen LogP) is 2.37. The van der Waals surface area contributed by atoms with Crippen LogP contribution in [0.1, 0.15) is 19.4 Å². The first-order valence-corrected chi connectivity index (χ1v) is 5.03. The van der Waals surface area contributed by atoms with Gasteiger partial charge in [0.05, 0.1) is 6.10 Å². The average Bonchev–Trinajstić information content (AvgIpc) is 2.17. The Labute approximate surface area is 90.3 Å². The number of rotatable bonds is 3. The second-order valence-corrected chi connectivity index (χ2v) is 3.68. The van der Waals surface area contributed by atoms with Crippen molar-refractivity contribution in [3.05, 3.63) is 29.8 Å². The van der Waals surface area contributed by atoms with Crippen molar-refractivity contribution >= 4 is 17.2 Å². The van der Waals surface area contributed by atoms with Gasteiger partial charge < -0.3 is 10.1 Å². The number of benzene rings is 1. The predicted molar refractivity (Wildman–Crippen MR) is 63.0 cm³/mol. The SMILES string of the molecule is CNC(=S)c1ccc(OC(C)C)cc1. The summed E-state index contributed by atoms with van der Waals surface area (Å²) in [6, 6.07) is 7.77. The van der Waals surface area contributed by atoms with E-state index in [0.717, 1.165) is 16.3 Å². The van der Waals surface area contributed by atoms with E-state index < -0.39 is 0 Å². The maximum atomic E-state index is 5.52. The minimum absolute atomic E-state index is 0.206. The van der Waals surface area contributed by atoms with E-state index in [2.05, 4.69) is 5.32 Å². The van der Waals surface area contributed by atoms with Gasteiger partial charge in [-0.15, -0.1) is 0 Å². The minimum atomic E-state index is 0.206. The fourth-order valence-corrected chi connectivity index (χ4v) is 1.24. The molecule has 0 radical (unpaired) electrons. The zero-order chi connectivity index (χ0) is 10.6. The summed E-state index contributed by atoms with van der Waals surface area (Å²) in [5, 5.41) is 2.93. The van der Waals surface area contributed by atoms with Crippen molar-refractivity contribution in [3.63, 3.8) is 0 Å². The van der Waals surface area contributed by atoms with Crippen LogP contribution < -0.4 is 10.1 Å². The topological polar surface area (TPSA) is 21.3 Å². The molecule has 0 aliphatic carbocycles. The molecular weight excluding hydrogens is 194 g/mol. The van der Waals surface area contributed by atoms with Crippen molar-refractivity contribution in [1.29, 1.82) is 0 Å². The monoisotopic (exact) mass is 209 g/mol. The fourth-order valence-electron chi connectivity index (χ4n) is 1.10. The molecule has 0 fully saturated rings. The van der Waals surface area contributed by atoms with Crippen LogP contribution in [0.3, 0.4) is 0 Å². The normalized spacial score (nSPS) is 10.0. The highest BCUT2D eigenvalue weighted by Crippen LogP contribution is 2.13. The van der Waals surface area contributed by atoms with Gasteiger partial charge in [0.15, 0.2) is 0 Å². The zero-order valence-electron chi connectivity index (χ0n) is 8.70. The van der Waals surface area contributed by atoms with Crippen LogP contribution in [-0.2, 0) is 0 Å². The summed E-state index contributed by atoms with van der Waals surface area (Å²) >= 11 is 5.10. The fraction of sp³-hybridized carbons (Fsp3) is 0.364. The van der Waals surface area contributed by atoms with E-state index in [9.17, 15) is 0 Å². The molecule has 3 heteroatoms. The van der Waals surface area contributed by atoms with Gasteiger partial charge in [0.2, 0.25) is 0 Å². The lowest BCUT2D eigenvalue weighted by atomic mass is 10.2. The van der Waals surface area contributed by atoms with Gasteiger partial charge in [0, 0.05) is 12.6 Å². The molecule has 1 aromatic carbocycles. The smallest absolute Gasteiger partial charge is 0.119 e. The molecule has 0 bridgehead atoms. The molecule has 2 nitrogen and oxygen atoms in total. The lowest BCUT2D eigenvalue weighted by molar-refractivity contribution is 0.242. The summed E-state index contributed by atoms with van der Waals surface area (Å²) in [5.74, 6) is 0.877. The molecule has 76 valence electrons. The highest BCUT2D eigenvalue weighted by Gasteiger charge is 2.00. The van der Waals surface area contributed by atoms with Gasteiger partial charge in [0.25, 0.3) is 0 Å². The summed E-state index contributed by atoms with van der Waals surface area (Å²) in [6.45, 7) is 4.01. The van der Waals surface area contributed by atoms with Gasteiger partial charge in [-0.3, -0.25) is 0 Å². The van der Waals surface area contributed by atoms with Crippen LogP contribution in [0, 0.1) is 0 Å². The number of thiocarbonyl (C=S) groups is 1. The Kier molecular flexibility index (Phi) is 3.89. The van der Waals surface area contributed by atoms with Crippen LogP contribution >= 0.6 is 12.2 Å². The summed E-state index contributed by atoms with van der Waals surface area (Å²) in [4.78, 5) is 0.751. The summed E-state index contributed by atoms with van der Waals surface area (Å²) < 4.78 is 5.52. The van der Waals surface area contributed by atoms with Gasteiger partial charge in [0.1, 0.15) is 10.7 Å². The van der Waals surface area contributed by atoms with Crippen molar-refractivity contribution in [2.24, 2.45) is 0 Å². The third-order valence-corrected chi connectivity index (χ3v) is 2.16. The first-order chi connectivity index (χ1) is 6.63. The lowest BCUT2D eigenvalue weighted by Gasteiger charge is -2.10. The van der Waals surface area contributed by atoms with Gasteiger partial charge in [-0.05, 0) is 38.1 Å². The Morgan fingerprint density at radius 2 is 1.86 bits per heavy atom. The molecule has 0 amide bonds. The Morgan fingerprint density at radius 1 is 1.29 bits per heavy atom. The van der Waals surface area contributed by atoms with E-state index >= 15 is 0 Å². The largest absolute Gasteiger partial charge is 0.491 e. The molecule has 1 N–H and O–H groups in total. The molecule has 0 aliphatic rings. The molecule has 0 saturated heterocycles. The van der Waals surface area contributed by atoms with Crippen molar-refractivity contribution in [3.8, 4) is 5.75 Å². The second kappa shape index (κ2) is 4.96. The number of hydrogen-bond acceptors (Lipinski definition) is 2. The van der Waals surface area contributed by atoms with Gasteiger partial charge in [-0.1, -0.05) is 12.2 Å². The standard InChI is InChI=1S/C11H15NOS/c1-8(2)13-10-6-4-9(5-7-10)11(14)12-3/h4-8H,1-3H3,(H,12,14). The van der Waals surface area contributed by atoms with E-state index in [0.29, 0.717) is 0 Å². The van der Waals surface area contributed by atoms with Crippen LogP contribution in [-0.4, -0.2) is 18.1 Å². The van der Waals surface area contributed by atoms with Crippen molar-refractivity contribution < 1.29 is 4.74 Å². The molecule has 1 aromatic rings. The molecule has 0 spiro atoms. The Balaban J connectivity index is 2.73. The highest BCUT2D eigenvalue weighted by atomic mass is 32.1. The highest BCUT2D eigenvalue weighted by molar-refractivity contribution is 7.80. The molecule has 0 atom stereocenters. The third-order valence-electron chi connectivity index (χ3n) is 1.72. The van der Waals surface area contributed by atoms with Crippen molar-refractivity contribution in [2.75, 3.05) is 7.05 Å². The Morgan fingerprint density at radius 3 is 2.29 bits per heavy atom. The number of ether oxygens (including phenoxy) is 1. The van der Waals surface area contributed by atoms with E-state index in [1.807, 2.05) is 45.2 Å². The average molecular weight is 209 g/mol. The van der Waals surface area contributed by atoms with E-state index in [4.69, 9.17) is 17.0 Å². The maximum Gasteiger partial charge on any atom is 0.119 e. The van der Waals surface area contributed by atoms with Crippen molar-refractivity contribution in [1.82, 2.24) is 5.32 Å². The number of nitrogens with one attached hydrogen (secondary N) is 1. The van der Waals surface area contributed by atoms with E-state index in [1.165, 1.54) is 0 Å². The van der Waals surface area contributed by atoms with Crippen LogP contribution in [0.5, 0.6) is 5.75 Å². The van der Waals surface area contributed by atoms with Crippen LogP contribution in [0.25, 0.3) is 0 Å². The molecule has 14 heavy (non-hydrogen) atoms. The minimum Gasteiger partial charge on any atom is -0.491 e. The molecule has 0 aromatic heterocycles. The van der Waals surface area contributed by atoms with Crippen LogP contribution in [0.2, 0.25) is 0 Å². The summed E-state index contributed by atoms with van der Waals surface area (Å²) in [6.07, 6.45) is 0.206. The summed E-state index contributed by atoms with van der Waals surface area (Å²) in [7, 11) is 1.82. The van der Waals surface area contributed by atoms with E-state index in [-0.39, 0.29) is 6.10 Å². The molecule has 0 unspecified atom stereocenters. The van der Waals surface area contributed by atoms with Crippen LogP contribution in [0.4, 0.5) is 0 Å². The lowest BCUT2D eigenvalue weighted by Crippen LogP contribution is -2.16. The third kappa shape index (κ3) is 3.00. The van der Waals surface area contributed by atoms with Crippen molar-refractivity contribution in [2.45, 2.75) is 20.0 Å². The second-order valence-electron chi connectivity index (χ2n) is 3.27. The molecule has 0 heterocycles.